The van der Waals surface area contributed by atoms with Crippen LogP contribution in [0.3, 0.4) is 0 Å². The Morgan fingerprint density at radius 1 is 1.50 bits per heavy atom. The number of halogens is 1. The Morgan fingerprint density at radius 3 is 2.83 bits per heavy atom. The van der Waals surface area contributed by atoms with Crippen LogP contribution in [0.15, 0.2) is 15.9 Å². The fourth-order valence-electron chi connectivity index (χ4n) is 1.41. The predicted molar refractivity (Wildman–Crippen MR) is 73.9 cm³/mol. The van der Waals surface area contributed by atoms with Crippen molar-refractivity contribution < 1.29 is 14.4 Å². The van der Waals surface area contributed by atoms with E-state index in [4.69, 9.17) is 0 Å². The maximum absolute atomic E-state index is 11.7. The molecule has 1 aromatic rings. The van der Waals surface area contributed by atoms with E-state index in [0.717, 1.165) is 21.1 Å². The number of imide groups is 1. The summed E-state index contributed by atoms with van der Waals surface area (Å²) in [5, 5.41) is 4.24. The Labute approximate surface area is 120 Å². The molecule has 0 aromatic carbocycles. The molecular formula is C10H9BrN2O3S2. The average Bonchev–Trinajstić information content (AvgIpc) is 2.89. The van der Waals surface area contributed by atoms with E-state index in [-0.39, 0.29) is 35.9 Å². The van der Waals surface area contributed by atoms with Gasteiger partial charge in [0.1, 0.15) is 4.88 Å². The van der Waals surface area contributed by atoms with Crippen LogP contribution in [0.1, 0.15) is 9.67 Å². The normalized spacial score (nSPS) is 15.3. The van der Waals surface area contributed by atoms with E-state index in [0.29, 0.717) is 4.88 Å². The Morgan fingerprint density at radius 2 is 2.28 bits per heavy atom. The van der Waals surface area contributed by atoms with Gasteiger partial charge in [-0.3, -0.25) is 19.3 Å². The zero-order chi connectivity index (χ0) is 13.1. The molecule has 0 saturated carbocycles. The number of thioether (sulfide) groups is 1. The lowest BCUT2D eigenvalue weighted by Crippen LogP contribution is -2.37. The van der Waals surface area contributed by atoms with Crippen LogP contribution < -0.4 is 5.32 Å². The second-order valence-electron chi connectivity index (χ2n) is 3.45. The third kappa shape index (κ3) is 2.93. The molecule has 1 fully saturated rings. The Hall–Kier alpha value is -0.860. The molecule has 5 nitrogen and oxygen atoms in total. The van der Waals surface area contributed by atoms with Crippen molar-refractivity contribution in [3.63, 3.8) is 0 Å². The molecule has 3 amide bonds. The molecule has 8 heteroatoms. The van der Waals surface area contributed by atoms with Gasteiger partial charge < -0.3 is 5.32 Å². The van der Waals surface area contributed by atoms with Crippen LogP contribution in [0.2, 0.25) is 0 Å². The summed E-state index contributed by atoms with van der Waals surface area (Å²) in [5.74, 6) is -0.205. The van der Waals surface area contributed by atoms with Crippen molar-refractivity contribution >= 4 is 56.1 Å². The van der Waals surface area contributed by atoms with Gasteiger partial charge in [-0.2, -0.15) is 0 Å². The third-order valence-electron chi connectivity index (χ3n) is 2.28. The molecule has 2 heterocycles. The molecule has 96 valence electrons. The second kappa shape index (κ2) is 5.85. The van der Waals surface area contributed by atoms with Gasteiger partial charge in [0.25, 0.3) is 11.1 Å². The van der Waals surface area contributed by atoms with Crippen molar-refractivity contribution in [2.45, 2.75) is 0 Å². The molecule has 1 aliphatic rings. The number of rotatable bonds is 4. The van der Waals surface area contributed by atoms with Crippen LogP contribution >= 0.6 is 39.0 Å². The first-order valence-electron chi connectivity index (χ1n) is 5.08. The number of hydrogen-bond acceptors (Lipinski definition) is 5. The van der Waals surface area contributed by atoms with Crippen LogP contribution in [0.25, 0.3) is 0 Å². The fraction of sp³-hybridized carbons (Fsp3) is 0.300. The monoisotopic (exact) mass is 348 g/mol. The predicted octanol–water partition coefficient (Wildman–Crippen LogP) is 1.94. The lowest BCUT2D eigenvalue weighted by Gasteiger charge is -2.12. The van der Waals surface area contributed by atoms with Gasteiger partial charge in [0.2, 0.25) is 5.91 Å². The number of nitrogens with zero attached hydrogens (tertiary/aromatic N) is 1. The highest BCUT2D eigenvalue weighted by molar-refractivity contribution is 9.10. The van der Waals surface area contributed by atoms with Crippen molar-refractivity contribution in [3.05, 3.63) is 20.8 Å². The first kappa shape index (κ1) is 13.6. The first-order chi connectivity index (χ1) is 8.59. The molecule has 0 aliphatic carbocycles. The Bertz CT molecular complexity index is 487. The van der Waals surface area contributed by atoms with Crippen LogP contribution in [0.5, 0.6) is 0 Å². The molecule has 0 atom stereocenters. The zero-order valence-electron chi connectivity index (χ0n) is 9.14. The summed E-state index contributed by atoms with van der Waals surface area (Å²) < 4.78 is 0.744. The number of amides is 3. The molecule has 0 unspecified atom stereocenters. The lowest BCUT2D eigenvalue weighted by atomic mass is 10.4. The fourth-order valence-corrected chi connectivity index (χ4v) is 3.63. The van der Waals surface area contributed by atoms with E-state index in [2.05, 4.69) is 21.2 Å². The van der Waals surface area contributed by atoms with Gasteiger partial charge in [0, 0.05) is 17.6 Å². The number of thiophene rings is 1. The molecule has 2 rings (SSSR count). The average molecular weight is 349 g/mol. The van der Waals surface area contributed by atoms with Gasteiger partial charge in [-0.1, -0.05) is 11.8 Å². The number of carbonyl (C=O) groups is 3. The van der Waals surface area contributed by atoms with E-state index in [9.17, 15) is 14.4 Å². The summed E-state index contributed by atoms with van der Waals surface area (Å²) in [6, 6.07) is 1.80. The van der Waals surface area contributed by atoms with Gasteiger partial charge in [-0.25, -0.2) is 0 Å². The number of nitrogens with one attached hydrogen (secondary N) is 1. The highest BCUT2D eigenvalue weighted by Gasteiger charge is 2.29. The summed E-state index contributed by atoms with van der Waals surface area (Å²) in [6.07, 6.45) is 0. The smallest absolute Gasteiger partial charge is 0.288 e. The Balaban J connectivity index is 1.82. The number of carbonyl (C=O) groups excluding carboxylic acids is 3. The molecule has 1 aliphatic heterocycles. The van der Waals surface area contributed by atoms with Gasteiger partial charge in [0.15, 0.2) is 0 Å². The molecule has 1 N–H and O–H groups in total. The van der Waals surface area contributed by atoms with Crippen molar-refractivity contribution in [1.29, 1.82) is 0 Å². The van der Waals surface area contributed by atoms with Crippen molar-refractivity contribution in [1.82, 2.24) is 10.2 Å². The van der Waals surface area contributed by atoms with Gasteiger partial charge in [-0.15, -0.1) is 11.3 Å². The maximum Gasteiger partial charge on any atom is 0.288 e. The second-order valence-corrected chi connectivity index (χ2v) is 6.15. The molecule has 0 bridgehead atoms. The largest absolute Gasteiger partial charge is 0.350 e. The molecule has 0 spiro atoms. The molecular weight excluding hydrogens is 340 g/mol. The SMILES string of the molecule is O=C(NCCN1C(=O)CSC1=O)c1sccc1Br. The van der Waals surface area contributed by atoms with Crippen molar-refractivity contribution in [2.24, 2.45) is 0 Å². The van der Waals surface area contributed by atoms with Crippen LogP contribution in [0, 0.1) is 0 Å². The standard InChI is InChI=1S/C10H9BrN2O3S2/c11-6-1-4-17-8(6)9(15)12-2-3-13-7(14)5-18-10(13)16/h1,4H,2-3,5H2,(H,12,15). The van der Waals surface area contributed by atoms with E-state index in [1.165, 1.54) is 11.3 Å². The van der Waals surface area contributed by atoms with Crippen LogP contribution in [0.4, 0.5) is 4.79 Å². The topological polar surface area (TPSA) is 66.5 Å². The van der Waals surface area contributed by atoms with Crippen molar-refractivity contribution in [3.8, 4) is 0 Å². The van der Waals surface area contributed by atoms with E-state index >= 15 is 0 Å². The van der Waals surface area contributed by atoms with E-state index in [1.807, 2.05) is 5.38 Å². The summed E-state index contributed by atoms with van der Waals surface area (Å²) in [5.41, 5.74) is 0. The number of hydrogen-bond donors (Lipinski definition) is 1. The molecule has 1 saturated heterocycles. The highest BCUT2D eigenvalue weighted by Crippen LogP contribution is 2.22. The minimum atomic E-state index is -0.244. The summed E-state index contributed by atoms with van der Waals surface area (Å²) in [6.45, 7) is 0.487. The summed E-state index contributed by atoms with van der Waals surface area (Å²) >= 11 is 5.59. The summed E-state index contributed by atoms with van der Waals surface area (Å²) in [7, 11) is 0. The van der Waals surface area contributed by atoms with Crippen molar-refractivity contribution in [2.75, 3.05) is 18.8 Å². The Kier molecular flexibility index (Phi) is 4.41. The van der Waals surface area contributed by atoms with E-state index in [1.54, 1.807) is 6.07 Å². The third-order valence-corrected chi connectivity index (χ3v) is 4.98. The molecule has 0 radical (unpaired) electrons. The quantitative estimate of drug-likeness (QED) is 0.902. The minimum absolute atomic E-state index is 0.198. The van der Waals surface area contributed by atoms with Gasteiger partial charge >= 0.3 is 0 Å². The first-order valence-corrected chi connectivity index (χ1v) is 7.73. The van der Waals surface area contributed by atoms with Gasteiger partial charge in [0.05, 0.1) is 5.75 Å². The molecule has 1 aromatic heterocycles. The molecule has 18 heavy (non-hydrogen) atoms. The van der Waals surface area contributed by atoms with Crippen LogP contribution in [-0.2, 0) is 4.79 Å². The van der Waals surface area contributed by atoms with E-state index < -0.39 is 0 Å². The van der Waals surface area contributed by atoms with Crippen LogP contribution in [-0.4, -0.2) is 40.8 Å². The summed E-state index contributed by atoms with van der Waals surface area (Å²) in [4.78, 5) is 36.1. The minimum Gasteiger partial charge on any atom is -0.350 e. The zero-order valence-corrected chi connectivity index (χ0v) is 12.4. The maximum atomic E-state index is 11.7. The highest BCUT2D eigenvalue weighted by atomic mass is 79.9. The van der Waals surface area contributed by atoms with Gasteiger partial charge in [-0.05, 0) is 27.4 Å². The lowest BCUT2D eigenvalue weighted by molar-refractivity contribution is -0.124.